The van der Waals surface area contributed by atoms with Gasteiger partial charge in [0, 0.05) is 17.0 Å². The van der Waals surface area contributed by atoms with Crippen LogP contribution in [0.25, 0.3) is 11.0 Å². The molecule has 0 aliphatic carbocycles. The van der Waals surface area contributed by atoms with Crippen LogP contribution in [0.3, 0.4) is 0 Å². The van der Waals surface area contributed by atoms with Crippen LogP contribution < -0.4 is 15.1 Å². The maximum atomic E-state index is 12.1. The molecule has 0 N–H and O–H groups in total. The molecule has 0 radical (unpaired) electrons. The van der Waals surface area contributed by atoms with Crippen molar-refractivity contribution in [2.24, 2.45) is 0 Å². The summed E-state index contributed by atoms with van der Waals surface area (Å²) in [4.78, 5) is 12.1. The molecule has 0 aliphatic rings. The topological polar surface area (TPSA) is 48.7 Å². The van der Waals surface area contributed by atoms with Gasteiger partial charge >= 0.3 is 5.63 Å². The number of hydrogen-bond acceptors (Lipinski definition) is 4. The summed E-state index contributed by atoms with van der Waals surface area (Å²) in [7, 11) is 1.56. The quantitative estimate of drug-likeness (QED) is 0.425. The van der Waals surface area contributed by atoms with Gasteiger partial charge in [-0.1, -0.05) is 39.0 Å². The number of methoxy groups -OCH3 is 1. The van der Waals surface area contributed by atoms with Gasteiger partial charge in [-0.2, -0.15) is 0 Å². The van der Waals surface area contributed by atoms with Gasteiger partial charge in [-0.15, -0.1) is 6.58 Å². The van der Waals surface area contributed by atoms with Crippen molar-refractivity contribution in [3.8, 4) is 11.5 Å². The number of allylic oxidation sites excluding steroid dienone is 1. The second-order valence-corrected chi connectivity index (χ2v) is 7.82. The Morgan fingerprint density at radius 2 is 1.82 bits per heavy atom. The molecule has 2 aromatic carbocycles. The van der Waals surface area contributed by atoms with E-state index in [1.807, 2.05) is 30.3 Å². The van der Waals surface area contributed by atoms with Crippen LogP contribution in [0.4, 0.5) is 0 Å². The molecule has 3 aromatic rings. The SMILES string of the molecule is C=CCc1cc(OC)c2oc(=O)cc(COc3ccc(C(C)(C)C)cc3)c2c1. The second-order valence-electron chi connectivity index (χ2n) is 7.82. The molecular formula is C24H26O4. The number of benzene rings is 2. The predicted octanol–water partition coefficient (Wildman–Crippen LogP) is 5.41. The molecular weight excluding hydrogens is 352 g/mol. The highest BCUT2D eigenvalue weighted by atomic mass is 16.5. The highest BCUT2D eigenvalue weighted by molar-refractivity contribution is 5.86. The first-order valence-electron chi connectivity index (χ1n) is 9.29. The largest absolute Gasteiger partial charge is 0.493 e. The smallest absolute Gasteiger partial charge is 0.336 e. The van der Waals surface area contributed by atoms with Crippen molar-refractivity contribution in [2.45, 2.75) is 39.2 Å². The third kappa shape index (κ3) is 4.28. The Morgan fingerprint density at radius 1 is 1.11 bits per heavy atom. The Hall–Kier alpha value is -3.01. The summed E-state index contributed by atoms with van der Waals surface area (Å²) in [6.45, 7) is 10.6. The molecule has 0 saturated heterocycles. The van der Waals surface area contributed by atoms with Gasteiger partial charge in [-0.05, 0) is 47.2 Å². The molecule has 1 heterocycles. The minimum absolute atomic E-state index is 0.0885. The molecule has 1 aromatic heterocycles. The van der Waals surface area contributed by atoms with Crippen molar-refractivity contribution in [3.63, 3.8) is 0 Å². The summed E-state index contributed by atoms with van der Waals surface area (Å²) in [5.41, 5.74) is 3.13. The highest BCUT2D eigenvalue weighted by Crippen LogP contribution is 2.30. The lowest BCUT2D eigenvalue weighted by atomic mass is 9.87. The van der Waals surface area contributed by atoms with E-state index in [2.05, 4.69) is 39.5 Å². The monoisotopic (exact) mass is 378 g/mol. The van der Waals surface area contributed by atoms with E-state index in [1.54, 1.807) is 7.11 Å². The molecule has 0 unspecified atom stereocenters. The van der Waals surface area contributed by atoms with Crippen LogP contribution in [0.5, 0.6) is 11.5 Å². The summed E-state index contributed by atoms with van der Waals surface area (Å²) >= 11 is 0. The molecule has 0 atom stereocenters. The standard InChI is InChI=1S/C24H26O4/c1-6-7-16-12-20-17(14-22(25)28-23(20)21(13-16)26-5)15-27-19-10-8-18(9-11-19)24(2,3)4/h6,8-14H,1,7,15H2,2-5H3. The molecule has 146 valence electrons. The number of hydrogen-bond donors (Lipinski definition) is 0. The Morgan fingerprint density at radius 3 is 2.43 bits per heavy atom. The van der Waals surface area contributed by atoms with Gasteiger partial charge in [0.05, 0.1) is 7.11 Å². The van der Waals surface area contributed by atoms with Crippen molar-refractivity contribution in [1.82, 2.24) is 0 Å². The van der Waals surface area contributed by atoms with E-state index in [0.29, 0.717) is 17.8 Å². The van der Waals surface area contributed by atoms with Gasteiger partial charge in [0.15, 0.2) is 11.3 Å². The minimum Gasteiger partial charge on any atom is -0.493 e. The normalized spacial score (nSPS) is 11.4. The van der Waals surface area contributed by atoms with E-state index >= 15 is 0 Å². The fourth-order valence-electron chi connectivity index (χ4n) is 3.12. The number of rotatable bonds is 6. The van der Waals surface area contributed by atoms with Crippen molar-refractivity contribution >= 4 is 11.0 Å². The van der Waals surface area contributed by atoms with Crippen LogP contribution in [-0.4, -0.2) is 7.11 Å². The first kappa shape index (κ1) is 19.7. The highest BCUT2D eigenvalue weighted by Gasteiger charge is 2.15. The van der Waals surface area contributed by atoms with E-state index in [0.717, 1.165) is 22.3 Å². The van der Waals surface area contributed by atoms with Gasteiger partial charge in [0.2, 0.25) is 0 Å². The van der Waals surface area contributed by atoms with Crippen molar-refractivity contribution < 1.29 is 13.9 Å². The van der Waals surface area contributed by atoms with E-state index < -0.39 is 5.63 Å². The molecule has 0 spiro atoms. The summed E-state index contributed by atoms with van der Waals surface area (Å²) in [5.74, 6) is 1.28. The van der Waals surface area contributed by atoms with Crippen LogP contribution in [0, 0.1) is 0 Å². The Bertz CT molecular complexity index is 1040. The van der Waals surface area contributed by atoms with Crippen LogP contribution >= 0.6 is 0 Å². The third-order valence-electron chi connectivity index (χ3n) is 4.67. The maximum Gasteiger partial charge on any atom is 0.336 e. The predicted molar refractivity (Wildman–Crippen MR) is 112 cm³/mol. The van der Waals surface area contributed by atoms with Crippen LogP contribution in [0.15, 0.2) is 64.3 Å². The Balaban J connectivity index is 1.95. The molecule has 0 bridgehead atoms. The van der Waals surface area contributed by atoms with Gasteiger partial charge in [0.25, 0.3) is 0 Å². The van der Waals surface area contributed by atoms with Gasteiger partial charge in [-0.3, -0.25) is 0 Å². The molecule has 4 heteroatoms. The first-order chi connectivity index (χ1) is 13.3. The lowest BCUT2D eigenvalue weighted by Gasteiger charge is -2.19. The summed E-state index contributed by atoms with van der Waals surface area (Å²) in [5, 5.41) is 0.808. The summed E-state index contributed by atoms with van der Waals surface area (Å²) in [6, 6.07) is 13.4. The lowest BCUT2D eigenvalue weighted by molar-refractivity contribution is 0.306. The maximum absolute atomic E-state index is 12.1. The molecule has 0 aliphatic heterocycles. The van der Waals surface area contributed by atoms with E-state index in [4.69, 9.17) is 13.9 Å². The van der Waals surface area contributed by atoms with Crippen LogP contribution in [-0.2, 0) is 18.4 Å². The minimum atomic E-state index is -0.427. The van der Waals surface area contributed by atoms with Gasteiger partial charge in [0.1, 0.15) is 12.4 Å². The third-order valence-corrected chi connectivity index (χ3v) is 4.67. The van der Waals surface area contributed by atoms with Crippen molar-refractivity contribution in [1.29, 1.82) is 0 Å². The Kier molecular flexibility index (Phi) is 5.59. The Labute approximate surface area is 165 Å². The molecule has 28 heavy (non-hydrogen) atoms. The fourth-order valence-corrected chi connectivity index (χ4v) is 3.12. The zero-order chi connectivity index (χ0) is 20.3. The van der Waals surface area contributed by atoms with E-state index in [-0.39, 0.29) is 12.0 Å². The van der Waals surface area contributed by atoms with Crippen molar-refractivity contribution in [2.75, 3.05) is 7.11 Å². The summed E-state index contributed by atoms with van der Waals surface area (Å²) < 4.78 is 16.8. The molecule has 0 amide bonds. The molecule has 0 saturated carbocycles. The van der Waals surface area contributed by atoms with Crippen LogP contribution in [0.1, 0.15) is 37.5 Å². The molecule has 3 rings (SSSR count). The summed E-state index contributed by atoms with van der Waals surface area (Å²) in [6.07, 6.45) is 2.52. The van der Waals surface area contributed by atoms with Gasteiger partial charge < -0.3 is 13.9 Å². The number of fused-ring (bicyclic) bond motifs is 1. The zero-order valence-electron chi connectivity index (χ0n) is 16.9. The van der Waals surface area contributed by atoms with E-state index in [9.17, 15) is 4.79 Å². The zero-order valence-corrected chi connectivity index (χ0v) is 16.9. The van der Waals surface area contributed by atoms with Crippen LogP contribution in [0.2, 0.25) is 0 Å². The average Bonchev–Trinajstić information content (AvgIpc) is 2.65. The average molecular weight is 378 g/mol. The molecule has 0 fully saturated rings. The number of ether oxygens (including phenoxy) is 2. The molecule has 4 nitrogen and oxygen atoms in total. The fraction of sp³-hybridized carbons (Fsp3) is 0.292. The van der Waals surface area contributed by atoms with Crippen molar-refractivity contribution in [3.05, 3.63) is 82.2 Å². The lowest BCUT2D eigenvalue weighted by Crippen LogP contribution is -2.10. The second kappa shape index (κ2) is 7.93. The van der Waals surface area contributed by atoms with Gasteiger partial charge in [-0.25, -0.2) is 4.79 Å². The van der Waals surface area contributed by atoms with E-state index in [1.165, 1.54) is 11.6 Å². The first-order valence-corrected chi connectivity index (χ1v) is 9.29.